The van der Waals surface area contributed by atoms with E-state index in [9.17, 15) is 49.5 Å². The van der Waals surface area contributed by atoms with Crippen molar-refractivity contribution >= 4 is 33.4 Å². The lowest BCUT2D eigenvalue weighted by Crippen LogP contribution is -2.60. The Hall–Kier alpha value is -1.96. The molecule has 4 unspecified atom stereocenters. The van der Waals surface area contributed by atoms with E-state index in [0.29, 0.717) is 32.1 Å². The second-order valence-electron chi connectivity index (χ2n) is 12.9. The van der Waals surface area contributed by atoms with Gasteiger partial charge in [-0.2, -0.15) is 30.4 Å². The molecule has 0 saturated heterocycles. The number of carbonyl (C=O) groups excluding carboxylic acids is 4. The fourth-order valence-corrected chi connectivity index (χ4v) is 9.04. The number of hydrogen-bond acceptors (Lipinski definition) is 7. The van der Waals surface area contributed by atoms with E-state index < -0.39 is 51.4 Å². The summed E-state index contributed by atoms with van der Waals surface area (Å²) in [4.78, 5) is 51.5. The third-order valence-electron chi connectivity index (χ3n) is 10.9. The summed E-state index contributed by atoms with van der Waals surface area (Å²) in [5.74, 6) is -3.26. The van der Waals surface area contributed by atoms with Crippen molar-refractivity contribution < 1.29 is 58.8 Å². The van der Waals surface area contributed by atoms with Gasteiger partial charge in [0.2, 0.25) is 0 Å². The van der Waals surface area contributed by atoms with Crippen LogP contribution < -0.4 is 0 Å². The molecule has 4 fully saturated rings. The molecule has 0 bridgehead atoms. The summed E-state index contributed by atoms with van der Waals surface area (Å²) in [5, 5.41) is -5.81. The van der Waals surface area contributed by atoms with E-state index in [4.69, 9.17) is 4.55 Å². The van der Waals surface area contributed by atoms with Crippen LogP contribution in [0.15, 0.2) is 0 Å². The van der Waals surface area contributed by atoms with Crippen molar-refractivity contribution in [2.45, 2.75) is 96.1 Å². The SMILES string of the molecule is C[C@H](CCC(=O)OC(C(F)(F)F)C(F)(F)S(=O)(=O)O)[C@H]1CCC2C3C(=O)C[C@@H]4CC(=O)CC[C@]4(C)C3CC(=O)[C@@]21C. The predicted molar refractivity (Wildman–Crippen MR) is 132 cm³/mol. The molecule has 14 heteroatoms. The molecule has 0 amide bonds. The van der Waals surface area contributed by atoms with Crippen molar-refractivity contribution in [3.05, 3.63) is 0 Å². The van der Waals surface area contributed by atoms with E-state index >= 15 is 0 Å². The maximum Gasteiger partial charge on any atom is 0.432 e. The molecule has 8 nitrogen and oxygen atoms in total. The molecule has 41 heavy (non-hydrogen) atoms. The molecule has 4 aliphatic carbocycles. The molecule has 0 radical (unpaired) electrons. The van der Waals surface area contributed by atoms with Gasteiger partial charge in [0.15, 0.2) is 0 Å². The molecule has 9 atom stereocenters. The molecule has 0 aromatic carbocycles. The van der Waals surface area contributed by atoms with Gasteiger partial charge in [0.1, 0.15) is 17.3 Å². The normalized spacial score (nSPS) is 37.6. The fraction of sp³-hybridized carbons (Fsp3) is 0.852. The number of rotatable bonds is 7. The highest BCUT2D eigenvalue weighted by molar-refractivity contribution is 7.86. The van der Waals surface area contributed by atoms with E-state index in [-0.39, 0.29) is 71.6 Å². The lowest BCUT2D eigenvalue weighted by atomic mass is 9.44. The van der Waals surface area contributed by atoms with E-state index in [0.717, 1.165) is 0 Å². The van der Waals surface area contributed by atoms with Crippen LogP contribution >= 0.6 is 0 Å². The van der Waals surface area contributed by atoms with Crippen LogP contribution in [0.1, 0.15) is 78.6 Å². The van der Waals surface area contributed by atoms with Crippen molar-refractivity contribution in [3.63, 3.8) is 0 Å². The average Bonchev–Trinajstić information content (AvgIpc) is 3.19. The Morgan fingerprint density at radius 1 is 1.05 bits per heavy atom. The minimum atomic E-state index is -6.54. The van der Waals surface area contributed by atoms with E-state index in [2.05, 4.69) is 11.7 Å². The Kier molecular flexibility index (Phi) is 8.06. The van der Waals surface area contributed by atoms with Gasteiger partial charge in [-0.1, -0.05) is 20.8 Å². The highest BCUT2D eigenvalue weighted by Crippen LogP contribution is 2.66. The highest BCUT2D eigenvalue weighted by atomic mass is 32.2. The summed E-state index contributed by atoms with van der Waals surface area (Å²) < 4.78 is 101. The summed E-state index contributed by atoms with van der Waals surface area (Å²) in [6, 6.07) is 0. The maximum absolute atomic E-state index is 13.8. The Morgan fingerprint density at radius 3 is 2.27 bits per heavy atom. The van der Waals surface area contributed by atoms with Crippen LogP contribution in [0.3, 0.4) is 0 Å². The van der Waals surface area contributed by atoms with Crippen molar-refractivity contribution in [3.8, 4) is 0 Å². The zero-order chi connectivity index (χ0) is 30.9. The first-order valence-corrected chi connectivity index (χ1v) is 15.3. The molecule has 1 N–H and O–H groups in total. The number of hydrogen-bond donors (Lipinski definition) is 1. The molecule has 0 aromatic rings. The van der Waals surface area contributed by atoms with E-state index in [1.54, 1.807) is 13.8 Å². The molecule has 232 valence electrons. The van der Waals surface area contributed by atoms with Gasteiger partial charge >= 0.3 is 27.5 Å². The Morgan fingerprint density at radius 2 is 1.68 bits per heavy atom. The van der Waals surface area contributed by atoms with Crippen LogP contribution in [0.5, 0.6) is 0 Å². The molecule has 0 aliphatic heterocycles. The number of carbonyl (C=O) groups is 4. The number of ketones is 3. The van der Waals surface area contributed by atoms with Crippen molar-refractivity contribution in [2.75, 3.05) is 0 Å². The number of esters is 1. The lowest BCUT2D eigenvalue weighted by molar-refractivity contribution is -0.259. The fourth-order valence-electron chi connectivity index (χ4n) is 8.59. The minimum Gasteiger partial charge on any atom is -0.445 e. The van der Waals surface area contributed by atoms with Crippen LogP contribution in [0, 0.1) is 46.3 Å². The van der Waals surface area contributed by atoms with E-state index in [1.807, 2.05) is 0 Å². The predicted octanol–water partition coefficient (Wildman–Crippen LogP) is 4.94. The second kappa shape index (κ2) is 10.3. The van der Waals surface area contributed by atoms with E-state index in [1.165, 1.54) is 0 Å². The minimum absolute atomic E-state index is 0.0304. The summed E-state index contributed by atoms with van der Waals surface area (Å²) >= 11 is 0. The van der Waals surface area contributed by atoms with Crippen molar-refractivity contribution in [2.24, 2.45) is 46.3 Å². The molecule has 0 heterocycles. The molecule has 4 saturated carbocycles. The number of alkyl halides is 5. The summed E-state index contributed by atoms with van der Waals surface area (Å²) in [6.07, 6.45) is -8.36. The van der Waals surface area contributed by atoms with Gasteiger partial charge in [-0.3, -0.25) is 23.7 Å². The van der Waals surface area contributed by atoms with Crippen molar-refractivity contribution in [1.82, 2.24) is 0 Å². The monoisotopic (exact) mass is 614 g/mol. The largest absolute Gasteiger partial charge is 0.445 e. The number of halogens is 5. The van der Waals surface area contributed by atoms with Crippen molar-refractivity contribution in [1.29, 1.82) is 0 Å². The molecule has 0 spiro atoms. The number of fused-ring (bicyclic) bond motifs is 5. The summed E-state index contributed by atoms with van der Waals surface area (Å²) in [6.45, 7) is 5.55. The van der Waals surface area contributed by atoms with Crippen LogP contribution in [-0.4, -0.2) is 53.8 Å². The number of Topliss-reactive ketones (excluding diaryl/α,β-unsaturated/α-hetero) is 3. The third-order valence-corrected chi connectivity index (χ3v) is 11.8. The van der Waals surface area contributed by atoms with Crippen LogP contribution in [0.25, 0.3) is 0 Å². The zero-order valence-electron chi connectivity index (χ0n) is 23.0. The summed E-state index contributed by atoms with van der Waals surface area (Å²) in [5.41, 5.74) is -1.24. The zero-order valence-corrected chi connectivity index (χ0v) is 23.8. The van der Waals surface area contributed by atoms with Gasteiger partial charge < -0.3 is 4.74 Å². The first kappa shape index (κ1) is 32.0. The van der Waals surface area contributed by atoms with Crippen LogP contribution in [0.4, 0.5) is 22.0 Å². The third kappa shape index (κ3) is 5.25. The highest BCUT2D eigenvalue weighted by Gasteiger charge is 2.67. The van der Waals surface area contributed by atoms with Gasteiger partial charge in [0.05, 0.1) is 0 Å². The Labute approximate surface area is 234 Å². The average molecular weight is 615 g/mol. The van der Waals surface area contributed by atoms with Gasteiger partial charge in [-0.15, -0.1) is 0 Å². The molecular formula is C27H35F5O8S. The Balaban J connectivity index is 1.47. The van der Waals surface area contributed by atoms with Gasteiger partial charge in [0.25, 0.3) is 6.10 Å². The van der Waals surface area contributed by atoms with Gasteiger partial charge in [-0.25, -0.2) is 0 Å². The van der Waals surface area contributed by atoms with Crippen LogP contribution in [-0.2, 0) is 34.0 Å². The molecule has 0 aromatic heterocycles. The lowest BCUT2D eigenvalue weighted by Gasteiger charge is -2.58. The molecule has 4 rings (SSSR count). The second-order valence-corrected chi connectivity index (χ2v) is 14.4. The smallest absolute Gasteiger partial charge is 0.432 e. The first-order chi connectivity index (χ1) is 18.7. The summed E-state index contributed by atoms with van der Waals surface area (Å²) in [7, 11) is -6.54. The maximum atomic E-state index is 13.8. The molecule has 4 aliphatic rings. The standard InChI is InChI=1S/C27H35F5O8S/c1-13(4-7-21(36)40-23(26(28,29)30)27(31,32)41(37,38)39)16-5-6-17-22-18(12-20(35)25(16,17)3)24(2)9-8-15(33)10-14(24)11-19(22)34/h13-14,16-18,22-23H,4-12H2,1-3H3,(H,37,38,39)/t13-,14+,16-,17?,18?,22?,23?,24+,25-/m1/s1. The first-order valence-electron chi connectivity index (χ1n) is 13.8. The van der Waals surface area contributed by atoms with Crippen LogP contribution in [0.2, 0.25) is 0 Å². The van der Waals surface area contributed by atoms with Gasteiger partial charge in [-0.05, 0) is 60.7 Å². The number of ether oxygens (including phenoxy) is 1. The quantitative estimate of drug-likeness (QED) is 0.242. The topological polar surface area (TPSA) is 132 Å². The Bertz CT molecular complexity index is 1230. The van der Waals surface area contributed by atoms with Gasteiger partial charge in [0, 0.05) is 43.4 Å². The molecular weight excluding hydrogens is 579 g/mol.